The van der Waals surface area contributed by atoms with Gasteiger partial charge in [0, 0.05) is 31.0 Å². The second-order valence-corrected chi connectivity index (χ2v) is 4.24. The normalized spacial score (nSPS) is 20.8. The Morgan fingerprint density at radius 3 is 3.12 bits per heavy atom. The van der Waals surface area contributed by atoms with Gasteiger partial charge in [0.1, 0.15) is 0 Å². The summed E-state index contributed by atoms with van der Waals surface area (Å²) < 4.78 is 0. The van der Waals surface area contributed by atoms with E-state index < -0.39 is 0 Å². The number of hydrogen-bond donors (Lipinski definition) is 1. The van der Waals surface area contributed by atoms with Gasteiger partial charge in [-0.25, -0.2) is 0 Å². The quantitative estimate of drug-likeness (QED) is 0.791. The summed E-state index contributed by atoms with van der Waals surface area (Å²) in [7, 11) is 0. The molecule has 0 aromatic carbocycles. The molecule has 0 aliphatic carbocycles. The molecule has 0 bridgehead atoms. The number of rotatable bonds is 2. The standard InChI is InChI=1S/C12H17N3O/c13-10-4-3-7-15(9-10)12(16)8-11-5-1-2-6-14-11/h1-2,5-6,10H,3-4,7-9,13H2. The number of nitrogens with zero attached hydrogens (tertiary/aromatic N) is 2. The number of pyridine rings is 1. The molecule has 1 fully saturated rings. The first kappa shape index (κ1) is 11.1. The van der Waals surface area contributed by atoms with Crippen LogP contribution in [-0.2, 0) is 11.2 Å². The summed E-state index contributed by atoms with van der Waals surface area (Å²) in [5, 5.41) is 0. The first-order chi connectivity index (χ1) is 7.75. The molecule has 1 amide bonds. The Bertz CT molecular complexity index is 353. The first-order valence-electron chi connectivity index (χ1n) is 5.69. The van der Waals surface area contributed by atoms with Gasteiger partial charge in [0.25, 0.3) is 0 Å². The van der Waals surface area contributed by atoms with E-state index in [0.717, 1.165) is 25.1 Å². The van der Waals surface area contributed by atoms with Crippen LogP contribution in [0.15, 0.2) is 24.4 Å². The highest BCUT2D eigenvalue weighted by molar-refractivity contribution is 5.78. The third kappa shape index (κ3) is 2.79. The Labute approximate surface area is 95.5 Å². The zero-order valence-corrected chi connectivity index (χ0v) is 9.30. The van der Waals surface area contributed by atoms with Crippen molar-refractivity contribution in [1.29, 1.82) is 0 Å². The minimum Gasteiger partial charge on any atom is -0.341 e. The maximum Gasteiger partial charge on any atom is 0.228 e. The average Bonchev–Trinajstić information content (AvgIpc) is 2.30. The lowest BCUT2D eigenvalue weighted by molar-refractivity contribution is -0.131. The van der Waals surface area contributed by atoms with Crippen LogP contribution in [0.25, 0.3) is 0 Å². The molecule has 1 unspecified atom stereocenters. The SMILES string of the molecule is NC1CCCN(C(=O)Cc2ccccn2)C1. The lowest BCUT2D eigenvalue weighted by atomic mass is 10.1. The van der Waals surface area contributed by atoms with E-state index in [2.05, 4.69) is 4.98 Å². The molecule has 0 radical (unpaired) electrons. The summed E-state index contributed by atoms with van der Waals surface area (Å²) >= 11 is 0. The van der Waals surface area contributed by atoms with Crippen LogP contribution >= 0.6 is 0 Å². The number of piperidine rings is 1. The Balaban J connectivity index is 1.93. The third-order valence-electron chi connectivity index (χ3n) is 2.87. The van der Waals surface area contributed by atoms with E-state index in [1.54, 1.807) is 6.20 Å². The van der Waals surface area contributed by atoms with Gasteiger partial charge in [-0.3, -0.25) is 9.78 Å². The predicted octanol–water partition coefficient (Wildman–Crippen LogP) is 0.574. The zero-order chi connectivity index (χ0) is 11.4. The fourth-order valence-corrected chi connectivity index (χ4v) is 2.01. The van der Waals surface area contributed by atoms with Gasteiger partial charge in [-0.05, 0) is 25.0 Å². The van der Waals surface area contributed by atoms with Gasteiger partial charge < -0.3 is 10.6 Å². The van der Waals surface area contributed by atoms with Crippen LogP contribution in [0.1, 0.15) is 18.5 Å². The predicted molar refractivity (Wildman–Crippen MR) is 61.7 cm³/mol. The van der Waals surface area contributed by atoms with Crippen molar-refractivity contribution < 1.29 is 4.79 Å². The van der Waals surface area contributed by atoms with Gasteiger partial charge in [-0.1, -0.05) is 6.07 Å². The van der Waals surface area contributed by atoms with E-state index in [9.17, 15) is 4.79 Å². The molecule has 16 heavy (non-hydrogen) atoms. The largest absolute Gasteiger partial charge is 0.341 e. The fourth-order valence-electron chi connectivity index (χ4n) is 2.01. The van der Waals surface area contributed by atoms with Gasteiger partial charge in [-0.2, -0.15) is 0 Å². The Hall–Kier alpha value is -1.42. The van der Waals surface area contributed by atoms with Crippen molar-refractivity contribution in [3.63, 3.8) is 0 Å². The molecular formula is C12H17N3O. The molecule has 2 rings (SSSR count). The first-order valence-corrected chi connectivity index (χ1v) is 5.69. The van der Waals surface area contributed by atoms with Crippen LogP contribution in [0, 0.1) is 0 Å². The van der Waals surface area contributed by atoms with E-state index in [-0.39, 0.29) is 11.9 Å². The second kappa shape index (κ2) is 5.07. The van der Waals surface area contributed by atoms with Crippen molar-refractivity contribution in [1.82, 2.24) is 9.88 Å². The van der Waals surface area contributed by atoms with E-state index >= 15 is 0 Å². The summed E-state index contributed by atoms with van der Waals surface area (Å²) in [5.74, 6) is 0.133. The van der Waals surface area contributed by atoms with E-state index in [4.69, 9.17) is 5.73 Å². The minimum absolute atomic E-state index is 0.133. The van der Waals surface area contributed by atoms with Crippen LogP contribution in [0.3, 0.4) is 0 Å². The van der Waals surface area contributed by atoms with Gasteiger partial charge in [0.15, 0.2) is 0 Å². The lowest BCUT2D eigenvalue weighted by Gasteiger charge is -2.30. The van der Waals surface area contributed by atoms with E-state index in [0.29, 0.717) is 13.0 Å². The summed E-state index contributed by atoms with van der Waals surface area (Å²) in [4.78, 5) is 17.9. The molecule has 4 nitrogen and oxygen atoms in total. The zero-order valence-electron chi connectivity index (χ0n) is 9.30. The van der Waals surface area contributed by atoms with Crippen molar-refractivity contribution in [2.75, 3.05) is 13.1 Å². The number of carbonyl (C=O) groups excluding carboxylic acids is 1. The van der Waals surface area contributed by atoms with Crippen LogP contribution in [-0.4, -0.2) is 34.9 Å². The lowest BCUT2D eigenvalue weighted by Crippen LogP contribution is -2.46. The molecule has 0 spiro atoms. The Morgan fingerprint density at radius 1 is 1.56 bits per heavy atom. The van der Waals surface area contributed by atoms with Crippen LogP contribution in [0.4, 0.5) is 0 Å². The summed E-state index contributed by atoms with van der Waals surface area (Å²) in [6, 6.07) is 5.77. The summed E-state index contributed by atoms with van der Waals surface area (Å²) in [6.45, 7) is 1.52. The van der Waals surface area contributed by atoms with E-state index in [1.807, 2.05) is 23.1 Å². The van der Waals surface area contributed by atoms with Gasteiger partial charge in [0.2, 0.25) is 5.91 Å². The topological polar surface area (TPSA) is 59.2 Å². The second-order valence-electron chi connectivity index (χ2n) is 4.24. The summed E-state index contributed by atoms with van der Waals surface area (Å²) in [6.07, 6.45) is 4.13. The molecular weight excluding hydrogens is 202 g/mol. The highest BCUT2D eigenvalue weighted by Gasteiger charge is 2.21. The Kier molecular flexibility index (Phi) is 3.51. The van der Waals surface area contributed by atoms with Gasteiger partial charge in [0.05, 0.1) is 6.42 Å². The number of amides is 1. The minimum atomic E-state index is 0.133. The molecule has 2 N–H and O–H groups in total. The van der Waals surface area contributed by atoms with Crippen molar-refractivity contribution in [2.45, 2.75) is 25.3 Å². The number of aromatic nitrogens is 1. The molecule has 4 heteroatoms. The third-order valence-corrected chi connectivity index (χ3v) is 2.87. The molecule has 1 aromatic heterocycles. The Morgan fingerprint density at radius 2 is 2.44 bits per heavy atom. The highest BCUT2D eigenvalue weighted by Crippen LogP contribution is 2.09. The van der Waals surface area contributed by atoms with Crippen molar-refractivity contribution >= 4 is 5.91 Å². The van der Waals surface area contributed by atoms with Crippen molar-refractivity contribution in [3.05, 3.63) is 30.1 Å². The van der Waals surface area contributed by atoms with Crippen LogP contribution in [0.2, 0.25) is 0 Å². The van der Waals surface area contributed by atoms with Crippen LogP contribution < -0.4 is 5.73 Å². The molecule has 1 aliphatic rings. The number of likely N-dealkylation sites (tertiary alicyclic amines) is 1. The molecule has 1 saturated heterocycles. The van der Waals surface area contributed by atoms with Gasteiger partial charge in [-0.15, -0.1) is 0 Å². The maximum atomic E-state index is 11.9. The van der Waals surface area contributed by atoms with Crippen molar-refractivity contribution in [3.8, 4) is 0 Å². The smallest absolute Gasteiger partial charge is 0.228 e. The molecule has 86 valence electrons. The molecule has 1 aromatic rings. The molecule has 1 atom stereocenters. The number of nitrogens with two attached hydrogens (primary N) is 1. The molecule has 2 heterocycles. The molecule has 0 saturated carbocycles. The summed E-state index contributed by atoms with van der Waals surface area (Å²) in [5.41, 5.74) is 6.67. The maximum absolute atomic E-state index is 11.9. The van der Waals surface area contributed by atoms with Crippen LogP contribution in [0.5, 0.6) is 0 Å². The monoisotopic (exact) mass is 219 g/mol. The van der Waals surface area contributed by atoms with Crippen molar-refractivity contribution in [2.24, 2.45) is 5.73 Å². The van der Waals surface area contributed by atoms with Gasteiger partial charge >= 0.3 is 0 Å². The highest BCUT2D eigenvalue weighted by atomic mass is 16.2. The molecule has 1 aliphatic heterocycles. The average molecular weight is 219 g/mol. The van der Waals surface area contributed by atoms with E-state index in [1.165, 1.54) is 0 Å². The fraction of sp³-hybridized carbons (Fsp3) is 0.500. The number of hydrogen-bond acceptors (Lipinski definition) is 3. The number of carbonyl (C=O) groups is 1.